The van der Waals surface area contributed by atoms with Gasteiger partial charge in [-0.15, -0.1) is 0 Å². The summed E-state index contributed by atoms with van der Waals surface area (Å²) >= 11 is 0. The number of unbranched alkanes of at least 4 members (excludes halogenated alkanes) is 33. The minimum absolute atomic E-state index is 0.659. The molecular formula is C46H92O. The fourth-order valence-electron chi connectivity index (χ4n) is 8.15. The van der Waals surface area contributed by atoms with E-state index in [1.54, 1.807) is 0 Å². The van der Waals surface area contributed by atoms with Gasteiger partial charge >= 0.3 is 0 Å². The summed E-state index contributed by atoms with van der Waals surface area (Å²) in [6.45, 7) is 7.03. The van der Waals surface area contributed by atoms with Crippen molar-refractivity contribution in [2.24, 2.45) is 5.41 Å². The van der Waals surface area contributed by atoms with E-state index in [0.717, 1.165) is 19.1 Å². The Morgan fingerprint density at radius 3 is 0.681 bits per heavy atom. The van der Waals surface area contributed by atoms with Crippen molar-refractivity contribution >= 4 is 6.29 Å². The molecule has 0 radical (unpaired) electrons. The summed E-state index contributed by atoms with van der Waals surface area (Å²) in [4.78, 5) is 10.4. The Kier molecular flexibility index (Phi) is 39.8. The second-order valence-electron chi connectivity index (χ2n) is 16.1. The van der Waals surface area contributed by atoms with E-state index in [1.165, 1.54) is 250 Å². The molecule has 0 aliphatic rings. The summed E-state index contributed by atoms with van der Waals surface area (Å²) in [5, 5.41) is 0. The zero-order valence-electron chi connectivity index (χ0n) is 33.5. The van der Waals surface area contributed by atoms with Gasteiger partial charge in [-0.05, 0) is 37.5 Å². The van der Waals surface area contributed by atoms with Crippen LogP contribution < -0.4 is 0 Å². The third-order valence-electron chi connectivity index (χ3n) is 11.5. The van der Waals surface area contributed by atoms with Gasteiger partial charge in [0.2, 0.25) is 0 Å². The second-order valence-corrected chi connectivity index (χ2v) is 16.1. The molecule has 0 aliphatic heterocycles. The van der Waals surface area contributed by atoms with Crippen LogP contribution in [0, 0.1) is 5.41 Å². The molecule has 0 atom stereocenters. The first-order chi connectivity index (χ1) is 23.2. The monoisotopic (exact) mass is 661 g/mol. The minimum atomic E-state index is 0.659. The topological polar surface area (TPSA) is 17.1 Å². The Labute approximate surface area is 299 Å². The molecule has 0 saturated heterocycles. The van der Waals surface area contributed by atoms with Gasteiger partial charge in [0, 0.05) is 6.42 Å². The maximum Gasteiger partial charge on any atom is 0.119 e. The van der Waals surface area contributed by atoms with Crippen LogP contribution >= 0.6 is 0 Å². The molecule has 0 unspecified atom stereocenters. The molecular weight excluding hydrogens is 569 g/mol. The Morgan fingerprint density at radius 1 is 0.277 bits per heavy atom. The number of hydrogen-bond acceptors (Lipinski definition) is 1. The molecule has 0 aromatic rings. The maximum atomic E-state index is 10.4. The number of rotatable bonds is 42. The Balaban J connectivity index is 4.50. The zero-order chi connectivity index (χ0) is 34.2. The van der Waals surface area contributed by atoms with E-state index in [4.69, 9.17) is 0 Å². The molecule has 0 spiro atoms. The van der Waals surface area contributed by atoms with E-state index >= 15 is 0 Å². The highest BCUT2D eigenvalue weighted by Crippen LogP contribution is 2.42. The number of carbonyl (C=O) groups is 1. The lowest BCUT2D eigenvalue weighted by Crippen LogP contribution is -2.21. The Morgan fingerprint density at radius 2 is 0.468 bits per heavy atom. The van der Waals surface area contributed by atoms with Crippen molar-refractivity contribution in [3.63, 3.8) is 0 Å². The summed E-state index contributed by atoms with van der Waals surface area (Å²) in [6.07, 6.45) is 59.7. The molecule has 0 heterocycles. The van der Waals surface area contributed by atoms with Crippen LogP contribution in [0.1, 0.15) is 284 Å². The normalized spacial score (nSPS) is 11.9. The van der Waals surface area contributed by atoms with Crippen LogP contribution in [0.25, 0.3) is 0 Å². The third-order valence-corrected chi connectivity index (χ3v) is 11.5. The molecule has 1 nitrogen and oxygen atoms in total. The molecule has 0 fully saturated rings. The first-order valence-corrected chi connectivity index (χ1v) is 22.7. The highest BCUT2D eigenvalue weighted by molar-refractivity contribution is 5.48. The summed E-state index contributed by atoms with van der Waals surface area (Å²) < 4.78 is 0. The van der Waals surface area contributed by atoms with E-state index in [2.05, 4.69) is 20.8 Å². The molecule has 0 bridgehead atoms. The van der Waals surface area contributed by atoms with Crippen molar-refractivity contribution in [1.82, 2.24) is 0 Å². The van der Waals surface area contributed by atoms with Gasteiger partial charge in [0.05, 0.1) is 0 Å². The molecule has 0 N–H and O–H groups in total. The third kappa shape index (κ3) is 35.3. The second kappa shape index (κ2) is 40.1. The lowest BCUT2D eigenvalue weighted by Gasteiger charge is -2.35. The first kappa shape index (κ1) is 46.7. The van der Waals surface area contributed by atoms with Crippen LogP contribution in [0.3, 0.4) is 0 Å². The largest absolute Gasteiger partial charge is 0.303 e. The molecule has 0 saturated carbocycles. The molecule has 0 amide bonds. The summed E-state index contributed by atoms with van der Waals surface area (Å²) in [5.74, 6) is 0. The molecule has 0 rings (SSSR count). The maximum absolute atomic E-state index is 10.4. The van der Waals surface area contributed by atoms with Crippen molar-refractivity contribution < 1.29 is 4.79 Å². The summed E-state index contributed by atoms with van der Waals surface area (Å²) in [6, 6.07) is 0. The van der Waals surface area contributed by atoms with Crippen molar-refractivity contribution in [3.05, 3.63) is 0 Å². The van der Waals surface area contributed by atoms with Crippen LogP contribution in [0.15, 0.2) is 0 Å². The lowest BCUT2D eigenvalue weighted by atomic mass is 9.70. The van der Waals surface area contributed by atoms with Crippen molar-refractivity contribution in [1.29, 1.82) is 0 Å². The molecule has 282 valence electrons. The fourth-order valence-corrected chi connectivity index (χ4v) is 8.15. The van der Waals surface area contributed by atoms with Crippen LogP contribution in [0.5, 0.6) is 0 Å². The zero-order valence-corrected chi connectivity index (χ0v) is 33.5. The molecule has 0 aromatic carbocycles. The van der Waals surface area contributed by atoms with Gasteiger partial charge in [-0.3, -0.25) is 0 Å². The quantitative estimate of drug-likeness (QED) is 0.0470. The van der Waals surface area contributed by atoms with E-state index in [-0.39, 0.29) is 0 Å². The molecule has 1 heteroatoms. The van der Waals surface area contributed by atoms with Crippen molar-refractivity contribution in [3.8, 4) is 0 Å². The molecule has 0 aliphatic carbocycles. The van der Waals surface area contributed by atoms with Gasteiger partial charge in [-0.1, -0.05) is 245 Å². The SMILES string of the molecule is CCCCCCCCCCCC(CCCCCCCC)(CCCCCCCC)CCCCCCCCCCCCCCCCCC=O. The Hall–Kier alpha value is -0.330. The number of hydrogen-bond donors (Lipinski definition) is 0. The Bertz CT molecular complexity index is 551. The van der Waals surface area contributed by atoms with Crippen molar-refractivity contribution in [2.45, 2.75) is 284 Å². The molecule has 0 aromatic heterocycles. The van der Waals surface area contributed by atoms with Crippen molar-refractivity contribution in [2.75, 3.05) is 0 Å². The van der Waals surface area contributed by atoms with E-state index in [0.29, 0.717) is 5.41 Å². The summed E-state index contributed by atoms with van der Waals surface area (Å²) in [7, 11) is 0. The van der Waals surface area contributed by atoms with E-state index < -0.39 is 0 Å². The van der Waals surface area contributed by atoms with Gasteiger partial charge in [0.1, 0.15) is 6.29 Å². The number of aldehydes is 1. The fraction of sp³-hybridized carbons (Fsp3) is 0.978. The predicted octanol–water partition coefficient (Wildman–Crippen LogP) is 17.2. The summed E-state index contributed by atoms with van der Waals surface area (Å²) in [5.41, 5.74) is 0.659. The van der Waals surface area contributed by atoms with E-state index in [1.807, 2.05) is 0 Å². The smallest absolute Gasteiger partial charge is 0.119 e. The average molecular weight is 661 g/mol. The minimum Gasteiger partial charge on any atom is -0.303 e. The predicted molar refractivity (Wildman–Crippen MR) is 215 cm³/mol. The number of carbonyl (C=O) groups excluding carboxylic acids is 1. The van der Waals surface area contributed by atoms with Gasteiger partial charge in [-0.2, -0.15) is 0 Å². The van der Waals surface area contributed by atoms with Crippen LogP contribution in [-0.4, -0.2) is 6.29 Å². The van der Waals surface area contributed by atoms with Crippen LogP contribution in [0.4, 0.5) is 0 Å². The van der Waals surface area contributed by atoms with Crippen LogP contribution in [-0.2, 0) is 4.79 Å². The standard InChI is InChI=1S/C46H92O/c1-4-7-10-13-16-25-28-33-38-43-46(41-36-31-14-11-8-5-2,42-37-32-15-12-9-6-3)44-39-34-29-26-23-21-19-17-18-20-22-24-27-30-35-40-45-47/h45H,4-44H2,1-3H3. The van der Waals surface area contributed by atoms with Gasteiger partial charge in [-0.25, -0.2) is 0 Å². The van der Waals surface area contributed by atoms with Gasteiger partial charge in [0.15, 0.2) is 0 Å². The lowest BCUT2D eigenvalue weighted by molar-refractivity contribution is -0.107. The highest BCUT2D eigenvalue weighted by atomic mass is 16.1. The first-order valence-electron chi connectivity index (χ1n) is 22.7. The average Bonchev–Trinajstić information content (AvgIpc) is 3.08. The highest BCUT2D eigenvalue weighted by Gasteiger charge is 2.28. The molecule has 47 heavy (non-hydrogen) atoms. The van der Waals surface area contributed by atoms with E-state index in [9.17, 15) is 4.79 Å². The van der Waals surface area contributed by atoms with Crippen LogP contribution in [0.2, 0.25) is 0 Å². The van der Waals surface area contributed by atoms with Gasteiger partial charge in [0.25, 0.3) is 0 Å². The van der Waals surface area contributed by atoms with Gasteiger partial charge < -0.3 is 4.79 Å².